The van der Waals surface area contributed by atoms with Crippen LogP contribution in [0.25, 0.3) is 0 Å². The molecule has 2 saturated heterocycles. The molecule has 0 aliphatic carbocycles. The second kappa shape index (κ2) is 54.2. The Kier molecular flexibility index (Phi) is 50.9. The molecule has 2 aliphatic rings. The minimum absolute atomic E-state index is 0.197. The lowest BCUT2D eigenvalue weighted by Crippen LogP contribution is -2.65. The fourth-order valence-electron chi connectivity index (χ4n) is 12.2. The van der Waals surface area contributed by atoms with Gasteiger partial charge in [0.2, 0.25) is 5.91 Å². The maximum Gasteiger partial charge on any atom is 0.220 e. The van der Waals surface area contributed by atoms with Crippen molar-refractivity contribution in [2.45, 2.75) is 408 Å². The normalized spacial score (nSPS) is 23.8. The van der Waals surface area contributed by atoms with Gasteiger partial charge in [-0.05, 0) is 12.8 Å². The third kappa shape index (κ3) is 38.3. The van der Waals surface area contributed by atoms with Gasteiger partial charge >= 0.3 is 0 Å². The summed E-state index contributed by atoms with van der Waals surface area (Å²) < 4.78 is 22.9. The van der Waals surface area contributed by atoms with Crippen molar-refractivity contribution in [1.82, 2.24) is 5.32 Å². The van der Waals surface area contributed by atoms with Gasteiger partial charge in [0.15, 0.2) is 12.6 Å². The lowest BCUT2D eigenvalue weighted by atomic mass is 9.97. The molecule has 12 unspecified atom stereocenters. The number of hydrogen-bond acceptors (Lipinski definition) is 13. The molecular formula is C68H133NO13. The zero-order valence-electron chi connectivity index (χ0n) is 53.0. The second-order valence-electron chi connectivity index (χ2n) is 25.4. The Morgan fingerprint density at radius 3 is 1.04 bits per heavy atom. The number of ether oxygens (including phenoxy) is 4. The van der Waals surface area contributed by atoms with E-state index in [4.69, 9.17) is 18.9 Å². The molecule has 2 aliphatic heterocycles. The minimum Gasteiger partial charge on any atom is -0.394 e. The smallest absolute Gasteiger partial charge is 0.220 e. The zero-order chi connectivity index (χ0) is 59.5. The summed E-state index contributed by atoms with van der Waals surface area (Å²) in [5.74, 6) is -0.197. The van der Waals surface area contributed by atoms with Crippen LogP contribution in [0.5, 0.6) is 0 Å². The topological polar surface area (TPSA) is 228 Å². The average Bonchev–Trinajstić information content (AvgIpc) is 3.67. The number of carbonyl (C=O) groups excluding carboxylic acids is 1. The first-order valence-corrected chi connectivity index (χ1v) is 35.3. The molecule has 488 valence electrons. The van der Waals surface area contributed by atoms with Gasteiger partial charge in [0, 0.05) is 6.42 Å². The molecule has 14 nitrogen and oxygen atoms in total. The first kappa shape index (κ1) is 77.1. The Morgan fingerprint density at radius 2 is 0.695 bits per heavy atom. The van der Waals surface area contributed by atoms with E-state index in [1.807, 2.05) is 0 Å². The first-order chi connectivity index (χ1) is 40.1. The van der Waals surface area contributed by atoms with Crippen LogP contribution in [-0.2, 0) is 23.7 Å². The van der Waals surface area contributed by atoms with Crippen LogP contribution in [0.4, 0.5) is 0 Å². The van der Waals surface area contributed by atoms with E-state index in [0.717, 1.165) is 51.4 Å². The van der Waals surface area contributed by atoms with Crippen LogP contribution in [0.15, 0.2) is 0 Å². The Labute approximate surface area is 502 Å². The third-order valence-electron chi connectivity index (χ3n) is 17.8. The Hall–Kier alpha value is -1.01. The molecule has 0 bridgehead atoms. The molecule has 9 N–H and O–H groups in total. The van der Waals surface area contributed by atoms with Crippen LogP contribution in [-0.4, -0.2) is 140 Å². The molecule has 0 aromatic carbocycles. The number of amides is 1. The van der Waals surface area contributed by atoms with Crippen molar-refractivity contribution < 1.29 is 64.6 Å². The molecule has 0 spiro atoms. The molecule has 14 heteroatoms. The first-order valence-electron chi connectivity index (χ1n) is 35.3. The van der Waals surface area contributed by atoms with Gasteiger partial charge in [-0.25, -0.2) is 0 Å². The molecule has 0 aromatic heterocycles. The summed E-state index contributed by atoms with van der Waals surface area (Å²) in [5.41, 5.74) is 0. The molecule has 2 fully saturated rings. The van der Waals surface area contributed by atoms with Crippen LogP contribution >= 0.6 is 0 Å². The molecule has 2 rings (SSSR count). The summed E-state index contributed by atoms with van der Waals surface area (Å²) in [6.45, 7) is 2.93. The van der Waals surface area contributed by atoms with Crippen molar-refractivity contribution in [1.29, 1.82) is 0 Å². The lowest BCUT2D eigenvalue weighted by Gasteiger charge is -2.46. The highest BCUT2D eigenvalue weighted by molar-refractivity contribution is 5.76. The fraction of sp³-hybridized carbons (Fsp3) is 0.985. The SMILES string of the molecule is CCCCCCCCCCCCCCCCCCCCCCCCCCCCC(O)C(COC1OC(CO)C(OC2OC(CO)C(O)C(O)C2O)C(O)C1O)NC(=O)CCCCCCCCCCCCCCCCCCCCCCCC. The van der Waals surface area contributed by atoms with Crippen LogP contribution in [0, 0.1) is 0 Å². The number of aliphatic hydroxyl groups is 8. The second-order valence-corrected chi connectivity index (χ2v) is 25.4. The summed E-state index contributed by atoms with van der Waals surface area (Å²) in [5, 5.41) is 87.6. The standard InChI is InChI=1S/C68H133NO13/c1-3-5-7-9-11-13-15-17-19-21-23-25-27-28-29-30-31-33-35-37-39-41-43-45-47-49-51-57(72)56(55-79-67-65(78)63(76)66(59(54-71)81-67)82-68-64(77)62(75)61(74)58(53-70)80-68)69-60(73)52-50-48-46-44-42-40-38-36-34-32-26-24-22-20-18-16-14-12-10-8-6-4-2/h56-59,61-68,70-72,74-78H,3-55H2,1-2H3,(H,69,73). The van der Waals surface area contributed by atoms with Crippen molar-refractivity contribution in [2.75, 3.05) is 19.8 Å². The van der Waals surface area contributed by atoms with E-state index in [1.54, 1.807) is 0 Å². The van der Waals surface area contributed by atoms with E-state index in [2.05, 4.69) is 19.2 Å². The Bertz CT molecular complexity index is 1380. The van der Waals surface area contributed by atoms with Crippen molar-refractivity contribution in [2.24, 2.45) is 0 Å². The highest BCUT2D eigenvalue weighted by Crippen LogP contribution is 2.30. The van der Waals surface area contributed by atoms with E-state index < -0.39 is 86.8 Å². The molecule has 12 atom stereocenters. The number of hydrogen-bond donors (Lipinski definition) is 9. The van der Waals surface area contributed by atoms with E-state index in [-0.39, 0.29) is 12.5 Å². The van der Waals surface area contributed by atoms with E-state index in [9.17, 15) is 45.6 Å². The van der Waals surface area contributed by atoms with Gasteiger partial charge in [0.05, 0.1) is 32.0 Å². The molecular weight excluding hydrogens is 1040 g/mol. The molecule has 2 heterocycles. The van der Waals surface area contributed by atoms with E-state index in [0.29, 0.717) is 12.8 Å². The number of aliphatic hydroxyl groups excluding tert-OH is 8. The van der Waals surface area contributed by atoms with Gasteiger partial charge in [-0.2, -0.15) is 0 Å². The quantitative estimate of drug-likeness (QED) is 0.0259. The van der Waals surface area contributed by atoms with Gasteiger partial charge in [-0.1, -0.05) is 316 Å². The lowest BCUT2D eigenvalue weighted by molar-refractivity contribution is -0.359. The molecule has 82 heavy (non-hydrogen) atoms. The highest BCUT2D eigenvalue weighted by atomic mass is 16.7. The number of nitrogens with one attached hydrogen (secondary N) is 1. The van der Waals surface area contributed by atoms with Crippen molar-refractivity contribution in [3.63, 3.8) is 0 Å². The van der Waals surface area contributed by atoms with E-state index in [1.165, 1.54) is 257 Å². The number of unbranched alkanes of at least 4 members (excludes halogenated alkanes) is 46. The van der Waals surface area contributed by atoms with Gasteiger partial charge in [-0.3, -0.25) is 4.79 Å². The maximum absolute atomic E-state index is 13.3. The van der Waals surface area contributed by atoms with Gasteiger partial charge < -0.3 is 65.1 Å². The molecule has 1 amide bonds. The summed E-state index contributed by atoms with van der Waals surface area (Å²) in [6, 6.07) is -0.824. The third-order valence-corrected chi connectivity index (χ3v) is 17.8. The predicted molar refractivity (Wildman–Crippen MR) is 332 cm³/mol. The number of carbonyl (C=O) groups is 1. The monoisotopic (exact) mass is 1170 g/mol. The fourth-order valence-corrected chi connectivity index (χ4v) is 12.2. The minimum atomic E-state index is -1.78. The van der Waals surface area contributed by atoms with Crippen molar-refractivity contribution >= 4 is 5.91 Å². The highest BCUT2D eigenvalue weighted by Gasteiger charge is 2.51. The predicted octanol–water partition coefficient (Wildman–Crippen LogP) is 14.0. The zero-order valence-corrected chi connectivity index (χ0v) is 53.0. The summed E-state index contributed by atoms with van der Waals surface area (Å²) in [6.07, 6.45) is 46.9. The largest absolute Gasteiger partial charge is 0.394 e. The molecule has 0 saturated carbocycles. The van der Waals surface area contributed by atoms with Gasteiger partial charge in [-0.15, -0.1) is 0 Å². The maximum atomic E-state index is 13.3. The molecule has 0 radical (unpaired) electrons. The van der Waals surface area contributed by atoms with Crippen LogP contribution in [0.3, 0.4) is 0 Å². The van der Waals surface area contributed by atoms with Gasteiger partial charge in [0.1, 0.15) is 48.8 Å². The Balaban J connectivity index is 1.67. The van der Waals surface area contributed by atoms with Gasteiger partial charge in [0.25, 0.3) is 0 Å². The van der Waals surface area contributed by atoms with Crippen LogP contribution in [0.2, 0.25) is 0 Å². The Morgan fingerprint density at radius 1 is 0.390 bits per heavy atom. The summed E-state index contributed by atoms with van der Waals surface area (Å²) in [4.78, 5) is 13.3. The van der Waals surface area contributed by atoms with E-state index >= 15 is 0 Å². The summed E-state index contributed by atoms with van der Waals surface area (Å²) >= 11 is 0. The summed E-state index contributed by atoms with van der Waals surface area (Å²) in [7, 11) is 0. The number of rotatable bonds is 59. The molecule has 0 aromatic rings. The average molecular weight is 1170 g/mol. The van der Waals surface area contributed by atoms with Crippen LogP contribution < -0.4 is 5.32 Å². The van der Waals surface area contributed by atoms with Crippen LogP contribution in [0.1, 0.15) is 335 Å². The van der Waals surface area contributed by atoms with Crippen molar-refractivity contribution in [3.8, 4) is 0 Å². The van der Waals surface area contributed by atoms with Crippen molar-refractivity contribution in [3.05, 3.63) is 0 Å².